The van der Waals surface area contributed by atoms with Crippen molar-refractivity contribution in [2.75, 3.05) is 39.6 Å². The van der Waals surface area contributed by atoms with Gasteiger partial charge in [0, 0.05) is 12.2 Å². The van der Waals surface area contributed by atoms with E-state index in [9.17, 15) is 9.59 Å². The third-order valence-corrected chi connectivity index (χ3v) is 2.26. The Kier molecular flexibility index (Phi) is 16.9. The first-order valence-electron chi connectivity index (χ1n) is 6.36. The molecule has 24 heavy (non-hydrogen) atoms. The van der Waals surface area contributed by atoms with Gasteiger partial charge >= 0.3 is 11.9 Å². The van der Waals surface area contributed by atoms with Gasteiger partial charge in [0.25, 0.3) is 0 Å². The first kappa shape index (κ1) is 27.2. The summed E-state index contributed by atoms with van der Waals surface area (Å²) >= 11 is 0. The second kappa shape index (κ2) is 14.9. The average Bonchev–Trinajstić information content (AvgIpc) is 2.59. The molecule has 0 heterocycles. The monoisotopic (exact) mass is 358 g/mol. The van der Waals surface area contributed by atoms with Crippen LogP contribution in [0.1, 0.15) is 0 Å². The number of carboxylic acid groups (broad SMARTS) is 2. The zero-order valence-electron chi connectivity index (χ0n) is 12.9. The summed E-state index contributed by atoms with van der Waals surface area (Å²) in [7, 11) is 0. The fourth-order valence-electron chi connectivity index (χ4n) is 0.443. The number of nitrogens with two attached hydrogens (primary N) is 2. The van der Waals surface area contributed by atoms with Gasteiger partial charge in [-0.05, 0) is 0 Å². The third-order valence-electron chi connectivity index (χ3n) is 2.26. The molecule has 0 unspecified atom stereocenters. The Morgan fingerprint density at radius 3 is 0.833 bits per heavy atom. The average molecular weight is 358 g/mol. The lowest BCUT2D eigenvalue weighted by Gasteiger charge is -2.20. The van der Waals surface area contributed by atoms with Crippen LogP contribution in [0.3, 0.4) is 0 Å². The molecule has 0 aromatic carbocycles. The molecule has 0 saturated carbocycles. The van der Waals surface area contributed by atoms with Crippen LogP contribution in [0, 0.1) is 0 Å². The van der Waals surface area contributed by atoms with Crippen molar-refractivity contribution in [1.29, 1.82) is 0 Å². The summed E-state index contributed by atoms with van der Waals surface area (Å²) in [6.07, 6.45) is 1.12. The summed E-state index contributed by atoms with van der Waals surface area (Å²) in [6.45, 7) is -2.42. The van der Waals surface area contributed by atoms with Crippen LogP contribution in [-0.2, 0) is 9.59 Å². The van der Waals surface area contributed by atoms with Gasteiger partial charge in [-0.25, -0.2) is 9.59 Å². The quantitative estimate of drug-likeness (QED) is 0.183. The minimum Gasteiger partial charge on any atom is -0.478 e. The van der Waals surface area contributed by atoms with E-state index in [0.29, 0.717) is 12.2 Å². The van der Waals surface area contributed by atoms with Crippen LogP contribution in [0.2, 0.25) is 0 Å². The van der Waals surface area contributed by atoms with Gasteiger partial charge in [-0.1, -0.05) is 0 Å². The summed E-state index contributed by atoms with van der Waals surface area (Å²) in [4.78, 5) is 19.1. The molecule has 0 aliphatic carbocycles. The second-order valence-electron chi connectivity index (χ2n) is 4.68. The topological polar surface area (TPSA) is 248 Å². The van der Waals surface area contributed by atoms with E-state index in [1.165, 1.54) is 0 Å². The molecule has 0 aromatic rings. The molecule has 0 rings (SSSR count). The minimum absolute atomic E-state index is 0.403. The Balaban J connectivity index is -0.000000276. The van der Waals surface area contributed by atoms with Crippen molar-refractivity contribution >= 4 is 11.9 Å². The molecule has 0 fully saturated rings. The van der Waals surface area contributed by atoms with Gasteiger partial charge in [0.15, 0.2) is 0 Å². The number of carboxylic acids is 2. The van der Waals surface area contributed by atoms with Crippen molar-refractivity contribution in [1.82, 2.24) is 0 Å². The smallest absolute Gasteiger partial charge is 0.328 e. The van der Waals surface area contributed by atoms with Crippen molar-refractivity contribution in [2.45, 2.75) is 11.1 Å². The first-order chi connectivity index (χ1) is 11.0. The van der Waals surface area contributed by atoms with Gasteiger partial charge in [-0.3, -0.25) is 0 Å². The molecule has 0 amide bonds. The van der Waals surface area contributed by atoms with E-state index in [2.05, 4.69) is 0 Å². The van der Waals surface area contributed by atoms with Gasteiger partial charge < -0.3 is 52.3 Å². The Hall–Kier alpha value is -1.64. The molecular weight excluding hydrogens is 332 g/mol. The van der Waals surface area contributed by atoms with E-state index < -0.39 is 62.7 Å². The van der Waals surface area contributed by atoms with Gasteiger partial charge in [0.05, 0.1) is 50.7 Å². The molecule has 0 aliphatic rings. The summed E-state index contributed by atoms with van der Waals surface area (Å²) in [6, 6.07) is 0. The molecule has 0 bridgehead atoms. The zero-order chi connectivity index (χ0) is 19.8. The normalized spacial score (nSPS) is 11.2. The highest BCUT2D eigenvalue weighted by molar-refractivity contribution is 5.89. The van der Waals surface area contributed by atoms with Crippen LogP contribution in [0.4, 0.5) is 0 Å². The maximum atomic E-state index is 9.55. The van der Waals surface area contributed by atoms with E-state index in [1.807, 2.05) is 0 Å². The third kappa shape index (κ3) is 16.7. The second-order valence-corrected chi connectivity index (χ2v) is 4.68. The minimum atomic E-state index is -1.26. The molecular formula is C12H26N2O10. The number of hydrogen-bond donors (Lipinski definition) is 10. The molecule has 0 spiro atoms. The predicted octanol–water partition coefficient (Wildman–Crippen LogP) is -4.97. The molecule has 0 aliphatic heterocycles. The van der Waals surface area contributed by atoms with E-state index in [4.69, 9.17) is 52.3 Å². The Labute approximate surface area is 137 Å². The van der Waals surface area contributed by atoms with E-state index >= 15 is 0 Å². The van der Waals surface area contributed by atoms with Crippen molar-refractivity contribution in [3.8, 4) is 0 Å². The number of aliphatic carboxylic acids is 2. The van der Waals surface area contributed by atoms with E-state index in [-0.39, 0.29) is 0 Å². The highest BCUT2D eigenvalue weighted by Crippen LogP contribution is 1.93. The molecule has 12 nitrogen and oxygen atoms in total. The van der Waals surface area contributed by atoms with Crippen LogP contribution in [0.25, 0.3) is 0 Å². The van der Waals surface area contributed by atoms with E-state index in [1.54, 1.807) is 0 Å². The highest BCUT2D eigenvalue weighted by Gasteiger charge is 2.21. The number of aliphatic hydroxyl groups excluding tert-OH is 6. The highest BCUT2D eigenvalue weighted by atomic mass is 16.4. The van der Waals surface area contributed by atoms with Crippen molar-refractivity contribution in [3.63, 3.8) is 0 Å². The van der Waals surface area contributed by atoms with Gasteiger partial charge in [0.1, 0.15) is 0 Å². The van der Waals surface area contributed by atoms with Crippen LogP contribution in [0.5, 0.6) is 0 Å². The SMILES string of the molecule is NC(CO)(CO)CO.NC(CO)(CO)CO.O=C(O)C=CC(=O)O. The molecule has 144 valence electrons. The van der Waals surface area contributed by atoms with Crippen LogP contribution in [0.15, 0.2) is 12.2 Å². The molecule has 0 radical (unpaired) electrons. The largest absolute Gasteiger partial charge is 0.478 e. The first-order valence-corrected chi connectivity index (χ1v) is 6.36. The predicted molar refractivity (Wildman–Crippen MR) is 80.8 cm³/mol. The summed E-state index contributed by atoms with van der Waals surface area (Å²) in [5.74, 6) is -2.51. The lowest BCUT2D eigenvalue weighted by atomic mass is 10.1. The lowest BCUT2D eigenvalue weighted by Crippen LogP contribution is -2.50. The number of hydrogen-bond acceptors (Lipinski definition) is 10. The zero-order valence-corrected chi connectivity index (χ0v) is 12.9. The summed E-state index contributed by atoms with van der Waals surface area (Å²) < 4.78 is 0. The van der Waals surface area contributed by atoms with Crippen LogP contribution in [-0.4, -0.2) is 104 Å². The Morgan fingerprint density at radius 1 is 0.625 bits per heavy atom. The summed E-state index contributed by atoms with van der Waals surface area (Å²) in [5, 5.41) is 65.7. The fraction of sp³-hybridized carbons (Fsp3) is 0.667. The van der Waals surface area contributed by atoms with Crippen molar-refractivity contribution < 1.29 is 50.4 Å². The van der Waals surface area contributed by atoms with Crippen molar-refractivity contribution in [3.05, 3.63) is 12.2 Å². The molecule has 12 heteroatoms. The van der Waals surface area contributed by atoms with Crippen molar-refractivity contribution in [2.24, 2.45) is 11.5 Å². The maximum Gasteiger partial charge on any atom is 0.328 e. The Bertz CT molecular complexity index is 316. The molecule has 12 N–H and O–H groups in total. The maximum absolute atomic E-state index is 9.55. The number of aliphatic hydroxyl groups is 6. The van der Waals surface area contributed by atoms with Gasteiger partial charge in [-0.2, -0.15) is 0 Å². The van der Waals surface area contributed by atoms with Gasteiger partial charge in [-0.15, -0.1) is 0 Å². The molecule has 0 aromatic heterocycles. The Morgan fingerprint density at radius 2 is 0.792 bits per heavy atom. The molecule has 0 saturated heterocycles. The standard InChI is InChI=1S/2C4H11NO3.C4H4O4/c2*5-4(1-6,2-7)3-8;5-3(6)1-2-4(7)8/h2*6-8H,1-3,5H2;1-2H,(H,5,6)(H,7,8). The van der Waals surface area contributed by atoms with Crippen LogP contribution < -0.4 is 11.5 Å². The molecule has 0 atom stereocenters. The van der Waals surface area contributed by atoms with E-state index in [0.717, 1.165) is 0 Å². The van der Waals surface area contributed by atoms with Gasteiger partial charge in [0.2, 0.25) is 0 Å². The fourth-order valence-corrected chi connectivity index (χ4v) is 0.443. The number of carbonyl (C=O) groups is 2. The summed E-state index contributed by atoms with van der Waals surface area (Å²) in [5.41, 5.74) is 7.88. The lowest BCUT2D eigenvalue weighted by molar-refractivity contribution is -0.134. The number of rotatable bonds is 8. The van der Waals surface area contributed by atoms with Crippen LogP contribution >= 0.6 is 0 Å².